The van der Waals surface area contributed by atoms with E-state index in [1.54, 1.807) is 6.07 Å². The fourth-order valence-electron chi connectivity index (χ4n) is 1.14. The molecule has 0 aliphatic heterocycles. The van der Waals surface area contributed by atoms with Crippen molar-refractivity contribution in [2.45, 2.75) is 12.6 Å². The molecule has 0 spiro atoms. The molecule has 6 heteroatoms. The number of hydrogen-bond donors (Lipinski definition) is 1. The minimum atomic E-state index is -4.53. The smallest absolute Gasteiger partial charge is 0.416 e. The Morgan fingerprint density at radius 2 is 2.00 bits per heavy atom. The molecule has 3 nitrogen and oxygen atoms in total. The zero-order valence-corrected chi connectivity index (χ0v) is 8.88. The van der Waals surface area contributed by atoms with Gasteiger partial charge in [-0.3, -0.25) is 4.79 Å². The summed E-state index contributed by atoms with van der Waals surface area (Å²) in [5, 5.41) is 17.1. The molecule has 0 aromatic heterocycles. The molecule has 0 aliphatic rings. The van der Waals surface area contributed by atoms with Gasteiger partial charge in [0, 0.05) is 5.56 Å². The lowest BCUT2D eigenvalue weighted by atomic mass is 10.0. The molecule has 1 rings (SSSR count). The van der Waals surface area contributed by atoms with Crippen LogP contribution in [0.15, 0.2) is 18.2 Å². The summed E-state index contributed by atoms with van der Waals surface area (Å²) in [6.45, 7) is 0. The molecule has 0 bridgehead atoms. The molecule has 1 N–H and O–H groups in total. The van der Waals surface area contributed by atoms with Crippen LogP contribution < -0.4 is 0 Å². The summed E-state index contributed by atoms with van der Waals surface area (Å²) in [5.41, 5.74) is -1.09. The number of carbonyl (C=O) groups is 1. The van der Waals surface area contributed by atoms with Gasteiger partial charge in [-0.05, 0) is 18.2 Å². The van der Waals surface area contributed by atoms with Crippen LogP contribution in [0.5, 0.6) is 0 Å². The first-order valence-corrected chi connectivity index (χ1v) is 4.66. The Morgan fingerprint density at radius 3 is 2.50 bits per heavy atom. The number of nitriles is 1. The maximum absolute atomic E-state index is 12.4. The average molecular weight is 253 g/mol. The summed E-state index contributed by atoms with van der Waals surface area (Å²) < 4.78 is 37.3. The van der Waals surface area contributed by atoms with Gasteiger partial charge in [0.15, 0.2) is 0 Å². The van der Waals surface area contributed by atoms with Crippen molar-refractivity contribution < 1.29 is 23.1 Å². The van der Waals surface area contributed by atoms with E-state index in [2.05, 4.69) is 11.8 Å². The molecule has 0 fully saturated rings. The largest absolute Gasteiger partial charge is 0.481 e. The van der Waals surface area contributed by atoms with E-state index >= 15 is 0 Å². The Labute approximate surface area is 100 Å². The molecule has 0 atom stereocenters. The molecule has 0 amide bonds. The van der Waals surface area contributed by atoms with E-state index in [0.29, 0.717) is 0 Å². The average Bonchev–Trinajstić information content (AvgIpc) is 2.27. The molecule has 0 radical (unpaired) electrons. The maximum Gasteiger partial charge on any atom is 0.416 e. The lowest BCUT2D eigenvalue weighted by Gasteiger charge is -2.07. The third-order valence-electron chi connectivity index (χ3n) is 1.93. The second kappa shape index (κ2) is 5.24. The van der Waals surface area contributed by atoms with Crippen molar-refractivity contribution in [3.8, 4) is 17.9 Å². The predicted octanol–water partition coefficient (Wildman–Crippen LogP) is 2.40. The van der Waals surface area contributed by atoms with Gasteiger partial charge in [-0.2, -0.15) is 18.4 Å². The summed E-state index contributed by atoms with van der Waals surface area (Å²) in [4.78, 5) is 10.2. The highest BCUT2D eigenvalue weighted by molar-refractivity contribution is 5.70. The SMILES string of the molecule is N#Cc1ccc(C(F)(F)F)cc1C#CCC(=O)O. The summed E-state index contributed by atoms with van der Waals surface area (Å²) in [7, 11) is 0. The fourth-order valence-corrected chi connectivity index (χ4v) is 1.14. The molecular weight excluding hydrogens is 247 g/mol. The van der Waals surface area contributed by atoms with Gasteiger partial charge >= 0.3 is 12.1 Å². The number of rotatable bonds is 1. The Kier molecular flexibility index (Phi) is 3.96. The van der Waals surface area contributed by atoms with Crippen molar-refractivity contribution in [3.63, 3.8) is 0 Å². The summed E-state index contributed by atoms with van der Waals surface area (Å²) in [6.07, 6.45) is -5.03. The highest BCUT2D eigenvalue weighted by Crippen LogP contribution is 2.30. The minimum absolute atomic E-state index is 0.0270. The quantitative estimate of drug-likeness (QED) is 0.782. The van der Waals surface area contributed by atoms with Gasteiger partial charge in [-0.15, -0.1) is 0 Å². The van der Waals surface area contributed by atoms with Crippen molar-refractivity contribution in [2.24, 2.45) is 0 Å². The maximum atomic E-state index is 12.4. The van der Waals surface area contributed by atoms with E-state index in [9.17, 15) is 18.0 Å². The molecule has 0 heterocycles. The van der Waals surface area contributed by atoms with Crippen molar-refractivity contribution in [1.29, 1.82) is 5.26 Å². The Bertz CT molecular complexity index is 574. The normalized spacial score (nSPS) is 10.1. The van der Waals surface area contributed by atoms with Crippen LogP contribution in [0.3, 0.4) is 0 Å². The van der Waals surface area contributed by atoms with Gasteiger partial charge in [0.25, 0.3) is 0 Å². The fraction of sp³-hybridized carbons (Fsp3) is 0.167. The molecule has 0 aliphatic carbocycles. The third kappa shape index (κ3) is 3.53. The molecule has 1 aromatic rings. The van der Waals surface area contributed by atoms with Crippen LogP contribution in [0.4, 0.5) is 13.2 Å². The highest BCUT2D eigenvalue weighted by Gasteiger charge is 2.30. The first kappa shape index (κ1) is 13.6. The third-order valence-corrected chi connectivity index (χ3v) is 1.93. The van der Waals surface area contributed by atoms with Gasteiger partial charge in [-0.1, -0.05) is 11.8 Å². The van der Waals surface area contributed by atoms with Crippen LogP contribution >= 0.6 is 0 Å². The Hall–Kier alpha value is -2.47. The van der Waals surface area contributed by atoms with E-state index in [-0.39, 0.29) is 11.1 Å². The van der Waals surface area contributed by atoms with E-state index in [1.807, 2.05) is 0 Å². The van der Waals surface area contributed by atoms with Gasteiger partial charge in [0.1, 0.15) is 12.5 Å². The van der Waals surface area contributed by atoms with Crippen molar-refractivity contribution in [3.05, 3.63) is 34.9 Å². The Balaban J connectivity index is 3.18. The molecule has 0 saturated heterocycles. The second-order valence-corrected chi connectivity index (χ2v) is 3.24. The van der Waals surface area contributed by atoms with Crippen LogP contribution in [0, 0.1) is 23.2 Å². The lowest BCUT2D eigenvalue weighted by molar-refractivity contribution is -0.138. The first-order chi connectivity index (χ1) is 8.34. The van der Waals surface area contributed by atoms with E-state index < -0.39 is 24.1 Å². The van der Waals surface area contributed by atoms with E-state index in [0.717, 1.165) is 18.2 Å². The van der Waals surface area contributed by atoms with E-state index in [4.69, 9.17) is 10.4 Å². The van der Waals surface area contributed by atoms with Crippen LogP contribution in [0.2, 0.25) is 0 Å². The Morgan fingerprint density at radius 1 is 1.33 bits per heavy atom. The molecule has 18 heavy (non-hydrogen) atoms. The topological polar surface area (TPSA) is 61.1 Å². The molecule has 0 unspecified atom stereocenters. The number of carboxylic acid groups (broad SMARTS) is 1. The number of aliphatic carboxylic acids is 1. The molecule has 92 valence electrons. The monoisotopic (exact) mass is 253 g/mol. The van der Waals surface area contributed by atoms with Crippen LogP contribution in [-0.4, -0.2) is 11.1 Å². The number of alkyl halides is 3. The van der Waals surface area contributed by atoms with Crippen LogP contribution in [0.1, 0.15) is 23.1 Å². The van der Waals surface area contributed by atoms with Gasteiger partial charge in [-0.25, -0.2) is 0 Å². The summed E-state index contributed by atoms with van der Waals surface area (Å²) in [6, 6.07) is 4.21. The van der Waals surface area contributed by atoms with Gasteiger partial charge < -0.3 is 5.11 Å². The summed E-state index contributed by atoms with van der Waals surface area (Å²) in [5.74, 6) is 3.25. The van der Waals surface area contributed by atoms with Gasteiger partial charge in [0.05, 0.1) is 11.1 Å². The number of benzene rings is 1. The molecule has 0 saturated carbocycles. The zero-order chi connectivity index (χ0) is 13.8. The highest BCUT2D eigenvalue weighted by atomic mass is 19.4. The molecule has 1 aromatic carbocycles. The van der Waals surface area contributed by atoms with Crippen molar-refractivity contribution in [1.82, 2.24) is 0 Å². The van der Waals surface area contributed by atoms with Crippen molar-refractivity contribution in [2.75, 3.05) is 0 Å². The number of halogens is 3. The van der Waals surface area contributed by atoms with Gasteiger partial charge in [0.2, 0.25) is 0 Å². The standard InChI is InChI=1S/C12H6F3NO2/c13-12(14,15)10-5-4-9(7-16)8(6-10)2-1-3-11(17)18/h4-6H,3H2,(H,17,18). The first-order valence-electron chi connectivity index (χ1n) is 4.66. The summed E-state index contributed by atoms with van der Waals surface area (Å²) >= 11 is 0. The second-order valence-electron chi connectivity index (χ2n) is 3.24. The number of nitrogens with zero attached hydrogens (tertiary/aromatic N) is 1. The van der Waals surface area contributed by atoms with Crippen LogP contribution in [0.25, 0.3) is 0 Å². The van der Waals surface area contributed by atoms with E-state index in [1.165, 1.54) is 0 Å². The number of hydrogen-bond acceptors (Lipinski definition) is 2. The molecular formula is C12H6F3NO2. The zero-order valence-electron chi connectivity index (χ0n) is 8.88. The van der Waals surface area contributed by atoms with Crippen molar-refractivity contribution >= 4 is 5.97 Å². The van der Waals surface area contributed by atoms with Crippen LogP contribution in [-0.2, 0) is 11.0 Å². The lowest BCUT2D eigenvalue weighted by Crippen LogP contribution is -2.05. The minimum Gasteiger partial charge on any atom is -0.481 e. The predicted molar refractivity (Wildman–Crippen MR) is 55.3 cm³/mol. The number of carboxylic acids is 1.